The van der Waals surface area contributed by atoms with Crippen LogP contribution in [0.25, 0.3) is 0 Å². The van der Waals surface area contributed by atoms with E-state index in [-0.39, 0.29) is 0 Å². The van der Waals surface area contributed by atoms with Crippen molar-refractivity contribution < 1.29 is 4.74 Å². The molecule has 6 nitrogen and oxygen atoms in total. The van der Waals surface area contributed by atoms with Crippen LogP contribution in [0.3, 0.4) is 0 Å². The van der Waals surface area contributed by atoms with Gasteiger partial charge in [0.15, 0.2) is 0 Å². The lowest BCUT2D eigenvalue weighted by atomic mass is 10.1. The fourth-order valence-electron chi connectivity index (χ4n) is 3.34. The van der Waals surface area contributed by atoms with Crippen LogP contribution in [0.15, 0.2) is 30.6 Å². The Balaban J connectivity index is 1.56. The van der Waals surface area contributed by atoms with Gasteiger partial charge in [0.2, 0.25) is 0 Å². The highest BCUT2D eigenvalue weighted by Crippen LogP contribution is 2.15. The molecule has 1 aromatic heterocycles. The molecule has 0 aliphatic carbocycles. The molecule has 25 heavy (non-hydrogen) atoms. The van der Waals surface area contributed by atoms with E-state index in [4.69, 9.17) is 4.74 Å². The summed E-state index contributed by atoms with van der Waals surface area (Å²) in [6.45, 7) is 7.71. The van der Waals surface area contributed by atoms with E-state index in [1.807, 2.05) is 16.8 Å². The Morgan fingerprint density at radius 1 is 1.20 bits per heavy atom. The predicted molar refractivity (Wildman–Crippen MR) is 99.0 cm³/mol. The second-order valence-corrected chi connectivity index (χ2v) is 6.91. The zero-order chi connectivity index (χ0) is 17.6. The zero-order valence-electron chi connectivity index (χ0n) is 15.6. The number of hydrogen-bond donors (Lipinski definition) is 0. The molecule has 0 saturated carbocycles. The molecule has 1 saturated heterocycles. The molecule has 0 unspecified atom stereocenters. The van der Waals surface area contributed by atoms with Gasteiger partial charge in [-0.05, 0) is 38.1 Å². The molecule has 1 aliphatic rings. The lowest BCUT2D eigenvalue weighted by Crippen LogP contribution is -2.48. The third-order valence-corrected chi connectivity index (χ3v) is 5.11. The number of likely N-dealkylation sites (N-methyl/N-ethyl adjacent to an activating group) is 1. The van der Waals surface area contributed by atoms with Gasteiger partial charge in [-0.2, -0.15) is 5.10 Å². The van der Waals surface area contributed by atoms with Crippen molar-refractivity contribution >= 4 is 0 Å². The molecule has 1 aliphatic heterocycles. The molecule has 1 aromatic carbocycles. The van der Waals surface area contributed by atoms with E-state index in [1.54, 1.807) is 13.4 Å². The van der Waals surface area contributed by atoms with Crippen molar-refractivity contribution in [1.82, 2.24) is 24.6 Å². The van der Waals surface area contributed by atoms with Gasteiger partial charge in [0.25, 0.3) is 0 Å². The van der Waals surface area contributed by atoms with Gasteiger partial charge < -0.3 is 9.64 Å². The highest BCUT2D eigenvalue weighted by Gasteiger charge is 2.19. The molecule has 3 rings (SSSR count). The summed E-state index contributed by atoms with van der Waals surface area (Å²) in [6.07, 6.45) is 3.73. The minimum atomic E-state index is 0.579. The van der Waals surface area contributed by atoms with Gasteiger partial charge >= 0.3 is 0 Å². The highest BCUT2D eigenvalue weighted by molar-refractivity contribution is 5.28. The first-order chi connectivity index (χ1) is 12.2. The van der Waals surface area contributed by atoms with Crippen molar-refractivity contribution in [2.75, 3.05) is 40.3 Å². The zero-order valence-corrected chi connectivity index (χ0v) is 15.6. The van der Waals surface area contributed by atoms with Crippen LogP contribution in [0.4, 0.5) is 0 Å². The molecule has 0 amide bonds. The number of hydrogen-bond acceptors (Lipinski definition) is 5. The summed E-state index contributed by atoms with van der Waals surface area (Å²) in [7, 11) is 3.89. The Morgan fingerprint density at radius 2 is 2.00 bits per heavy atom. The fourth-order valence-corrected chi connectivity index (χ4v) is 3.34. The maximum atomic E-state index is 5.30. The van der Waals surface area contributed by atoms with Gasteiger partial charge in [0.1, 0.15) is 17.9 Å². The first-order valence-corrected chi connectivity index (χ1v) is 9.08. The van der Waals surface area contributed by atoms with Gasteiger partial charge in [-0.3, -0.25) is 4.90 Å². The van der Waals surface area contributed by atoms with E-state index in [0.29, 0.717) is 6.04 Å². The van der Waals surface area contributed by atoms with E-state index in [9.17, 15) is 0 Å². The summed E-state index contributed by atoms with van der Waals surface area (Å²) in [4.78, 5) is 9.46. The molecule has 2 aromatic rings. The number of methoxy groups -OCH3 is 1. The van der Waals surface area contributed by atoms with E-state index >= 15 is 0 Å². The quantitative estimate of drug-likeness (QED) is 0.768. The number of benzene rings is 1. The predicted octanol–water partition coefficient (Wildman–Crippen LogP) is 1.90. The van der Waals surface area contributed by atoms with Crippen molar-refractivity contribution in [2.24, 2.45) is 0 Å². The van der Waals surface area contributed by atoms with E-state index in [1.165, 1.54) is 5.56 Å². The normalized spacial score (nSPS) is 17.6. The number of piperazine rings is 1. The summed E-state index contributed by atoms with van der Waals surface area (Å²) < 4.78 is 7.31. The Kier molecular flexibility index (Phi) is 6.04. The average Bonchev–Trinajstić information content (AvgIpc) is 3.07. The average molecular weight is 343 g/mol. The summed E-state index contributed by atoms with van der Waals surface area (Å²) in [5, 5.41) is 4.41. The van der Waals surface area contributed by atoms with Gasteiger partial charge in [0, 0.05) is 38.6 Å². The Morgan fingerprint density at radius 3 is 2.76 bits per heavy atom. The van der Waals surface area contributed by atoms with E-state index in [0.717, 1.165) is 57.1 Å². The molecule has 0 N–H and O–H groups in total. The summed E-state index contributed by atoms with van der Waals surface area (Å²) in [5.74, 6) is 1.94. The molecular weight excluding hydrogens is 314 g/mol. The van der Waals surface area contributed by atoms with Crippen LogP contribution >= 0.6 is 0 Å². The molecule has 0 radical (unpaired) electrons. The van der Waals surface area contributed by atoms with Crippen LogP contribution in [0.5, 0.6) is 5.75 Å². The van der Waals surface area contributed by atoms with Crippen LogP contribution in [0, 0.1) is 0 Å². The Labute approximate surface area is 150 Å². The Bertz CT molecular complexity index is 663. The van der Waals surface area contributed by atoms with Crippen molar-refractivity contribution in [2.45, 2.75) is 32.4 Å². The molecule has 0 bridgehead atoms. The van der Waals surface area contributed by atoms with Crippen LogP contribution < -0.4 is 4.74 Å². The van der Waals surface area contributed by atoms with Gasteiger partial charge in [0.05, 0.1) is 13.7 Å². The number of nitrogens with zero attached hydrogens (tertiary/aromatic N) is 5. The van der Waals surface area contributed by atoms with Crippen LogP contribution in [0.2, 0.25) is 0 Å². The molecule has 0 spiro atoms. The van der Waals surface area contributed by atoms with Gasteiger partial charge in [-0.25, -0.2) is 9.67 Å². The Hall–Kier alpha value is -1.92. The largest absolute Gasteiger partial charge is 0.497 e. The molecule has 136 valence electrons. The van der Waals surface area contributed by atoms with Gasteiger partial charge in [-0.1, -0.05) is 12.1 Å². The number of rotatable bonds is 7. The minimum absolute atomic E-state index is 0.579. The third-order valence-electron chi connectivity index (χ3n) is 5.11. The van der Waals surface area contributed by atoms with Gasteiger partial charge in [-0.15, -0.1) is 0 Å². The SMILES string of the molecule is COc1cccc(Cn2ncnc2CC[C@@H](C)N2CCN(C)CC2)c1. The van der Waals surface area contributed by atoms with Crippen LogP contribution in [-0.4, -0.2) is 70.9 Å². The van der Waals surface area contributed by atoms with Crippen molar-refractivity contribution in [3.05, 3.63) is 42.0 Å². The fraction of sp³-hybridized carbons (Fsp3) is 0.579. The van der Waals surface area contributed by atoms with Crippen molar-refractivity contribution in [3.63, 3.8) is 0 Å². The van der Waals surface area contributed by atoms with Crippen molar-refractivity contribution in [1.29, 1.82) is 0 Å². The molecular formula is C19H29N5O. The first kappa shape index (κ1) is 17.9. The molecule has 1 fully saturated rings. The number of aryl methyl sites for hydroxylation is 1. The summed E-state index contributed by atoms with van der Waals surface area (Å²) >= 11 is 0. The topological polar surface area (TPSA) is 46.4 Å². The van der Waals surface area contributed by atoms with E-state index in [2.05, 4.69) is 46.0 Å². The smallest absolute Gasteiger partial charge is 0.138 e. The number of aromatic nitrogens is 3. The number of ether oxygens (including phenoxy) is 1. The standard InChI is InChI=1S/C19H29N5O/c1-16(23-11-9-22(2)10-12-23)7-8-19-20-15-21-24(19)14-17-5-4-6-18(13-17)25-3/h4-6,13,15-16H,7-12,14H2,1-3H3/t16-/m1/s1. The second kappa shape index (κ2) is 8.45. The summed E-state index contributed by atoms with van der Waals surface area (Å²) in [5.41, 5.74) is 1.18. The lowest BCUT2D eigenvalue weighted by molar-refractivity contribution is 0.114. The van der Waals surface area contributed by atoms with Crippen LogP contribution in [0.1, 0.15) is 24.7 Å². The summed E-state index contributed by atoms with van der Waals surface area (Å²) in [6, 6.07) is 8.71. The molecule has 1 atom stereocenters. The minimum Gasteiger partial charge on any atom is -0.497 e. The van der Waals surface area contributed by atoms with Crippen LogP contribution in [-0.2, 0) is 13.0 Å². The maximum absolute atomic E-state index is 5.30. The van der Waals surface area contributed by atoms with Crippen molar-refractivity contribution in [3.8, 4) is 5.75 Å². The monoisotopic (exact) mass is 343 g/mol. The first-order valence-electron chi connectivity index (χ1n) is 9.08. The highest BCUT2D eigenvalue weighted by atomic mass is 16.5. The maximum Gasteiger partial charge on any atom is 0.138 e. The molecule has 6 heteroatoms. The molecule has 2 heterocycles. The lowest BCUT2D eigenvalue weighted by Gasteiger charge is -2.36. The third kappa shape index (κ3) is 4.80. The van der Waals surface area contributed by atoms with E-state index < -0.39 is 0 Å². The second-order valence-electron chi connectivity index (χ2n) is 6.91.